The largest absolute Gasteiger partial charge is 0.464 e. The lowest BCUT2D eigenvalue weighted by Gasteiger charge is -1.99. The van der Waals surface area contributed by atoms with Gasteiger partial charge in [0.15, 0.2) is 5.69 Å². The van der Waals surface area contributed by atoms with Crippen LogP contribution in [0.4, 0.5) is 8.78 Å². The molecule has 0 aliphatic rings. The molecule has 1 rings (SSSR count). The number of esters is 1. The number of alkyl halides is 3. The van der Waals surface area contributed by atoms with Gasteiger partial charge in [-0.25, -0.2) is 9.78 Å². The molecular formula is C6H4BrF2NO3. The average molecular weight is 256 g/mol. The molecule has 1 aromatic rings. The van der Waals surface area contributed by atoms with Crippen LogP contribution in [0.15, 0.2) is 10.7 Å². The van der Waals surface area contributed by atoms with Crippen molar-refractivity contribution in [3.8, 4) is 0 Å². The first-order chi connectivity index (χ1) is 5.95. The van der Waals surface area contributed by atoms with Gasteiger partial charge in [0, 0.05) is 15.9 Å². The highest BCUT2D eigenvalue weighted by molar-refractivity contribution is 9.09. The molecule has 0 bridgehead atoms. The van der Waals surface area contributed by atoms with Crippen LogP contribution >= 0.6 is 15.9 Å². The summed E-state index contributed by atoms with van der Waals surface area (Å²) in [6, 6.07) is 0. The predicted molar refractivity (Wildman–Crippen MR) is 40.7 cm³/mol. The molecule has 0 aliphatic carbocycles. The Bertz CT molecular complexity index is 320. The van der Waals surface area contributed by atoms with Crippen LogP contribution in [0.2, 0.25) is 0 Å². The standard InChI is InChI=1S/C6H4BrF2NO3/c1-12-4(11)3-2-13-5(10-3)6(7,8)9/h2H,1H3. The number of nitrogens with zero attached hydrogens (tertiary/aromatic N) is 1. The van der Waals surface area contributed by atoms with Gasteiger partial charge in [-0.05, 0) is 0 Å². The maximum atomic E-state index is 12.4. The van der Waals surface area contributed by atoms with E-state index in [1.165, 1.54) is 0 Å². The fraction of sp³-hybridized carbons (Fsp3) is 0.333. The Labute approximate surface area is 80.0 Å². The van der Waals surface area contributed by atoms with Crippen molar-refractivity contribution in [1.82, 2.24) is 4.98 Å². The smallest absolute Gasteiger partial charge is 0.375 e. The molecule has 1 aromatic heterocycles. The minimum Gasteiger partial charge on any atom is -0.464 e. The van der Waals surface area contributed by atoms with Crippen molar-refractivity contribution in [2.75, 3.05) is 7.11 Å². The Hall–Kier alpha value is -0.980. The summed E-state index contributed by atoms with van der Waals surface area (Å²) in [5, 5.41) is 0. The van der Waals surface area contributed by atoms with Gasteiger partial charge in [-0.15, -0.1) is 0 Å². The highest BCUT2D eigenvalue weighted by atomic mass is 79.9. The molecule has 0 unspecified atom stereocenters. The normalized spacial score (nSPS) is 11.4. The quantitative estimate of drug-likeness (QED) is 0.599. The maximum absolute atomic E-state index is 12.4. The van der Waals surface area contributed by atoms with E-state index < -0.39 is 16.7 Å². The Balaban J connectivity index is 2.93. The second-order valence-electron chi connectivity index (χ2n) is 2.03. The second kappa shape index (κ2) is 3.41. The third-order valence-corrected chi connectivity index (χ3v) is 1.48. The van der Waals surface area contributed by atoms with E-state index in [9.17, 15) is 13.6 Å². The van der Waals surface area contributed by atoms with E-state index in [0.29, 0.717) is 0 Å². The highest BCUT2D eigenvalue weighted by Gasteiger charge is 2.34. The molecule has 0 aromatic carbocycles. The van der Waals surface area contributed by atoms with Crippen molar-refractivity contribution >= 4 is 21.9 Å². The molecule has 4 nitrogen and oxygen atoms in total. The molecule has 0 fully saturated rings. The summed E-state index contributed by atoms with van der Waals surface area (Å²) >= 11 is 2.03. The number of oxazole rings is 1. The molecule has 0 spiro atoms. The molecule has 0 radical (unpaired) electrons. The summed E-state index contributed by atoms with van der Waals surface area (Å²) in [5.41, 5.74) is -0.295. The molecule has 0 amide bonds. The summed E-state index contributed by atoms with van der Waals surface area (Å²) in [4.78, 5) is 10.6. The van der Waals surface area contributed by atoms with Crippen LogP contribution in [-0.4, -0.2) is 18.1 Å². The number of hydrogen-bond acceptors (Lipinski definition) is 4. The lowest BCUT2D eigenvalue weighted by Crippen LogP contribution is -2.06. The van der Waals surface area contributed by atoms with Crippen LogP contribution in [0.25, 0.3) is 0 Å². The molecule has 0 atom stereocenters. The zero-order valence-corrected chi connectivity index (χ0v) is 7.97. The molecule has 7 heteroatoms. The van der Waals surface area contributed by atoms with Crippen molar-refractivity contribution in [1.29, 1.82) is 0 Å². The van der Waals surface area contributed by atoms with Gasteiger partial charge in [0.2, 0.25) is 0 Å². The first kappa shape index (κ1) is 10.1. The van der Waals surface area contributed by atoms with Gasteiger partial charge in [0.25, 0.3) is 5.89 Å². The summed E-state index contributed by atoms with van der Waals surface area (Å²) in [6.07, 6.45) is 0.802. The number of methoxy groups -OCH3 is 1. The molecular weight excluding hydrogens is 252 g/mol. The number of ether oxygens (including phenoxy) is 1. The van der Waals surface area contributed by atoms with Crippen molar-refractivity contribution in [3.05, 3.63) is 17.8 Å². The second-order valence-corrected chi connectivity index (χ2v) is 3.02. The Morgan fingerprint density at radius 2 is 2.38 bits per heavy atom. The summed E-state index contributed by atoms with van der Waals surface area (Å²) in [7, 11) is 1.11. The van der Waals surface area contributed by atoms with Gasteiger partial charge < -0.3 is 9.15 Å². The molecule has 72 valence electrons. The van der Waals surface area contributed by atoms with Crippen LogP contribution in [0.5, 0.6) is 0 Å². The fourth-order valence-corrected chi connectivity index (χ4v) is 0.784. The van der Waals surface area contributed by atoms with Crippen LogP contribution < -0.4 is 0 Å². The van der Waals surface area contributed by atoms with E-state index in [0.717, 1.165) is 13.4 Å². The monoisotopic (exact) mass is 255 g/mol. The number of aromatic nitrogens is 1. The minimum atomic E-state index is -3.38. The SMILES string of the molecule is COC(=O)c1coc(C(F)(F)Br)n1. The minimum absolute atomic E-state index is 0.295. The predicted octanol–water partition coefficient (Wildman–Crippen LogP) is 1.91. The van der Waals surface area contributed by atoms with Crippen molar-refractivity contribution < 1.29 is 22.7 Å². The lowest BCUT2D eigenvalue weighted by atomic mass is 10.5. The zero-order valence-electron chi connectivity index (χ0n) is 6.38. The fourth-order valence-electron chi connectivity index (χ4n) is 0.602. The van der Waals surface area contributed by atoms with Gasteiger partial charge in [-0.1, -0.05) is 0 Å². The third kappa shape index (κ3) is 2.24. The Kier molecular flexibility index (Phi) is 2.65. The summed E-state index contributed by atoms with van der Waals surface area (Å²) in [5.74, 6) is -1.71. The number of rotatable bonds is 2. The summed E-state index contributed by atoms with van der Waals surface area (Å²) in [6.45, 7) is 0. The topological polar surface area (TPSA) is 52.3 Å². The van der Waals surface area contributed by atoms with E-state index in [1.807, 2.05) is 15.9 Å². The van der Waals surface area contributed by atoms with Crippen molar-refractivity contribution in [3.63, 3.8) is 0 Å². The number of carbonyl (C=O) groups is 1. The van der Waals surface area contributed by atoms with E-state index in [4.69, 9.17) is 0 Å². The van der Waals surface area contributed by atoms with Crippen LogP contribution in [0.1, 0.15) is 16.4 Å². The molecule has 1 heterocycles. The number of carbonyl (C=O) groups excluding carboxylic acids is 1. The maximum Gasteiger partial charge on any atom is 0.375 e. The first-order valence-electron chi connectivity index (χ1n) is 3.06. The Morgan fingerprint density at radius 1 is 1.77 bits per heavy atom. The van der Waals surface area contributed by atoms with E-state index in [1.54, 1.807) is 0 Å². The van der Waals surface area contributed by atoms with E-state index in [-0.39, 0.29) is 5.69 Å². The third-order valence-electron chi connectivity index (χ3n) is 1.14. The molecule has 0 saturated carbocycles. The highest BCUT2D eigenvalue weighted by Crippen LogP contribution is 2.33. The van der Waals surface area contributed by atoms with Gasteiger partial charge in [-0.3, -0.25) is 0 Å². The van der Waals surface area contributed by atoms with Gasteiger partial charge >= 0.3 is 10.8 Å². The van der Waals surface area contributed by atoms with Crippen LogP contribution in [0, 0.1) is 0 Å². The molecule has 0 saturated heterocycles. The molecule has 13 heavy (non-hydrogen) atoms. The van der Waals surface area contributed by atoms with Crippen LogP contribution in [0.3, 0.4) is 0 Å². The number of hydrogen-bond donors (Lipinski definition) is 0. The van der Waals surface area contributed by atoms with Gasteiger partial charge in [0.05, 0.1) is 7.11 Å². The van der Waals surface area contributed by atoms with Crippen molar-refractivity contribution in [2.45, 2.75) is 4.83 Å². The van der Waals surface area contributed by atoms with E-state index in [2.05, 4.69) is 14.1 Å². The number of halogens is 3. The van der Waals surface area contributed by atoms with Gasteiger partial charge in [0.1, 0.15) is 6.26 Å². The summed E-state index contributed by atoms with van der Waals surface area (Å²) < 4.78 is 33.5. The van der Waals surface area contributed by atoms with E-state index >= 15 is 0 Å². The Morgan fingerprint density at radius 3 is 2.77 bits per heavy atom. The van der Waals surface area contributed by atoms with Crippen LogP contribution in [-0.2, 0) is 9.57 Å². The lowest BCUT2D eigenvalue weighted by molar-refractivity contribution is 0.0593. The molecule has 0 aliphatic heterocycles. The first-order valence-corrected chi connectivity index (χ1v) is 3.85. The average Bonchev–Trinajstić information content (AvgIpc) is 2.50. The molecule has 0 N–H and O–H groups in total. The van der Waals surface area contributed by atoms with Gasteiger partial charge in [-0.2, -0.15) is 8.78 Å². The van der Waals surface area contributed by atoms with Crippen molar-refractivity contribution in [2.24, 2.45) is 0 Å². The zero-order chi connectivity index (χ0) is 10.1.